The molecule has 2 rings (SSSR count). The van der Waals surface area contributed by atoms with Crippen LogP contribution in [0.4, 0.5) is 0 Å². The van der Waals surface area contributed by atoms with Crippen LogP contribution < -0.4 is 0 Å². The number of thiazole rings is 1. The molecular formula is C13H13BrN2OS. The van der Waals surface area contributed by atoms with Crippen LogP contribution in [0.15, 0.2) is 39.6 Å². The van der Waals surface area contributed by atoms with Crippen LogP contribution in [0.5, 0.6) is 0 Å². The first kappa shape index (κ1) is 13.4. The van der Waals surface area contributed by atoms with Crippen molar-refractivity contribution in [3.63, 3.8) is 0 Å². The molecule has 0 spiro atoms. The summed E-state index contributed by atoms with van der Waals surface area (Å²) < 4.78 is 0.981. The second kappa shape index (κ2) is 6.22. The molecule has 1 heterocycles. The third-order valence-corrected chi connectivity index (χ3v) is 3.66. The van der Waals surface area contributed by atoms with E-state index < -0.39 is 0 Å². The maximum atomic E-state index is 12.0. The Morgan fingerprint density at radius 2 is 2.11 bits per heavy atom. The zero-order valence-electron chi connectivity index (χ0n) is 9.97. The molecule has 18 heavy (non-hydrogen) atoms. The molecule has 1 aromatic carbocycles. The summed E-state index contributed by atoms with van der Waals surface area (Å²) in [5.74, 6) is 0.125. The third kappa shape index (κ3) is 3.73. The largest absolute Gasteiger partial charge is 0.293 e. The summed E-state index contributed by atoms with van der Waals surface area (Å²) in [6.45, 7) is 1.10. The first-order valence-electron chi connectivity index (χ1n) is 5.49. The van der Waals surface area contributed by atoms with Gasteiger partial charge < -0.3 is 0 Å². The first-order valence-corrected chi connectivity index (χ1v) is 7.23. The average Bonchev–Trinajstić information content (AvgIpc) is 2.82. The van der Waals surface area contributed by atoms with Gasteiger partial charge in [-0.1, -0.05) is 28.1 Å². The number of carbonyl (C=O) groups excluding carboxylic acids is 1. The van der Waals surface area contributed by atoms with E-state index in [1.165, 1.54) is 0 Å². The van der Waals surface area contributed by atoms with Gasteiger partial charge in [0, 0.05) is 22.0 Å². The number of halogens is 1. The van der Waals surface area contributed by atoms with Crippen LogP contribution in [-0.2, 0) is 6.54 Å². The lowest BCUT2D eigenvalue weighted by Crippen LogP contribution is -2.25. The number of hydrogen-bond acceptors (Lipinski definition) is 4. The Kier molecular flexibility index (Phi) is 4.63. The summed E-state index contributed by atoms with van der Waals surface area (Å²) in [6, 6.07) is 7.44. The molecule has 0 saturated heterocycles. The van der Waals surface area contributed by atoms with E-state index in [1.807, 2.05) is 41.6 Å². The Morgan fingerprint density at radius 1 is 1.39 bits per heavy atom. The fourth-order valence-corrected chi connectivity index (χ4v) is 2.43. The van der Waals surface area contributed by atoms with Crippen LogP contribution >= 0.6 is 27.3 Å². The topological polar surface area (TPSA) is 33.2 Å². The van der Waals surface area contributed by atoms with Gasteiger partial charge in [0.05, 0.1) is 17.7 Å². The number of Topliss-reactive ketones (excluding diaryl/α,β-unsaturated/α-hetero) is 1. The van der Waals surface area contributed by atoms with Gasteiger partial charge in [-0.15, -0.1) is 11.3 Å². The number of benzene rings is 1. The highest BCUT2D eigenvalue weighted by molar-refractivity contribution is 9.10. The van der Waals surface area contributed by atoms with Gasteiger partial charge in [0.1, 0.15) is 0 Å². The SMILES string of the molecule is CN(CC(=O)c1ccc(Br)cc1)Cc1cscn1. The van der Waals surface area contributed by atoms with Crippen LogP contribution in [-0.4, -0.2) is 29.3 Å². The van der Waals surface area contributed by atoms with Crippen LogP contribution in [0.3, 0.4) is 0 Å². The Labute approximate surface area is 119 Å². The van der Waals surface area contributed by atoms with Crippen molar-refractivity contribution >= 4 is 33.0 Å². The zero-order valence-corrected chi connectivity index (χ0v) is 12.4. The molecule has 0 amide bonds. The molecule has 3 nitrogen and oxygen atoms in total. The first-order chi connectivity index (χ1) is 8.65. The minimum atomic E-state index is 0.125. The minimum absolute atomic E-state index is 0.125. The van der Waals surface area contributed by atoms with E-state index in [2.05, 4.69) is 20.9 Å². The second-order valence-electron chi connectivity index (χ2n) is 4.08. The van der Waals surface area contributed by atoms with E-state index in [1.54, 1.807) is 16.8 Å². The van der Waals surface area contributed by atoms with Gasteiger partial charge in [0.2, 0.25) is 0 Å². The highest BCUT2D eigenvalue weighted by Crippen LogP contribution is 2.11. The summed E-state index contributed by atoms with van der Waals surface area (Å²) in [5.41, 5.74) is 3.55. The van der Waals surface area contributed by atoms with E-state index in [0.29, 0.717) is 13.1 Å². The van der Waals surface area contributed by atoms with Crippen molar-refractivity contribution in [2.24, 2.45) is 0 Å². The summed E-state index contributed by atoms with van der Waals surface area (Å²) in [7, 11) is 1.93. The van der Waals surface area contributed by atoms with Gasteiger partial charge >= 0.3 is 0 Å². The number of ketones is 1. The molecule has 94 valence electrons. The molecule has 0 aliphatic heterocycles. The molecule has 0 aliphatic carbocycles. The smallest absolute Gasteiger partial charge is 0.176 e. The molecule has 0 bridgehead atoms. The number of aromatic nitrogens is 1. The number of carbonyl (C=O) groups is 1. The standard InChI is InChI=1S/C13H13BrN2OS/c1-16(6-12-8-18-9-15-12)7-13(17)10-2-4-11(14)5-3-10/h2-5,8-9H,6-7H2,1H3. The Morgan fingerprint density at radius 3 is 2.72 bits per heavy atom. The predicted molar refractivity (Wildman–Crippen MR) is 76.9 cm³/mol. The van der Waals surface area contributed by atoms with E-state index in [-0.39, 0.29) is 5.78 Å². The van der Waals surface area contributed by atoms with Crippen LogP contribution in [0.2, 0.25) is 0 Å². The maximum Gasteiger partial charge on any atom is 0.176 e. The monoisotopic (exact) mass is 324 g/mol. The number of nitrogens with zero attached hydrogens (tertiary/aromatic N) is 2. The van der Waals surface area contributed by atoms with Crippen molar-refractivity contribution in [2.75, 3.05) is 13.6 Å². The number of hydrogen-bond donors (Lipinski definition) is 0. The summed E-state index contributed by atoms with van der Waals surface area (Å²) in [5, 5.41) is 2.00. The van der Waals surface area contributed by atoms with Gasteiger partial charge in [-0.3, -0.25) is 9.69 Å². The third-order valence-electron chi connectivity index (χ3n) is 2.50. The Hall–Kier alpha value is -1.04. The molecule has 0 N–H and O–H groups in total. The van der Waals surface area contributed by atoms with Gasteiger partial charge in [-0.25, -0.2) is 4.98 Å². The summed E-state index contributed by atoms with van der Waals surface area (Å²) in [6.07, 6.45) is 0. The van der Waals surface area contributed by atoms with Crippen molar-refractivity contribution < 1.29 is 4.79 Å². The molecule has 0 aliphatic rings. The van der Waals surface area contributed by atoms with E-state index in [4.69, 9.17) is 0 Å². The highest BCUT2D eigenvalue weighted by atomic mass is 79.9. The number of rotatable bonds is 5. The van der Waals surface area contributed by atoms with Gasteiger partial charge in [0.15, 0.2) is 5.78 Å². The van der Waals surface area contributed by atoms with E-state index in [9.17, 15) is 4.79 Å². The fourth-order valence-electron chi connectivity index (χ4n) is 1.62. The van der Waals surface area contributed by atoms with Crippen molar-refractivity contribution in [2.45, 2.75) is 6.54 Å². The molecule has 2 aromatic rings. The lowest BCUT2D eigenvalue weighted by atomic mass is 10.1. The predicted octanol–water partition coefficient (Wildman–Crippen LogP) is 3.22. The minimum Gasteiger partial charge on any atom is -0.293 e. The zero-order chi connectivity index (χ0) is 13.0. The van der Waals surface area contributed by atoms with E-state index >= 15 is 0 Å². The van der Waals surface area contributed by atoms with Crippen LogP contribution in [0.25, 0.3) is 0 Å². The molecule has 5 heteroatoms. The highest BCUT2D eigenvalue weighted by Gasteiger charge is 2.10. The van der Waals surface area contributed by atoms with Crippen LogP contribution in [0, 0.1) is 0 Å². The molecule has 0 fully saturated rings. The number of likely N-dealkylation sites (N-methyl/N-ethyl adjacent to an activating group) is 1. The van der Waals surface area contributed by atoms with Crippen molar-refractivity contribution in [3.8, 4) is 0 Å². The molecule has 0 saturated carbocycles. The molecule has 0 radical (unpaired) electrons. The summed E-state index contributed by atoms with van der Waals surface area (Å²) in [4.78, 5) is 18.2. The van der Waals surface area contributed by atoms with Crippen LogP contribution in [0.1, 0.15) is 16.1 Å². The quantitative estimate of drug-likeness (QED) is 0.792. The van der Waals surface area contributed by atoms with E-state index in [0.717, 1.165) is 15.7 Å². The normalized spacial score (nSPS) is 10.8. The molecular weight excluding hydrogens is 312 g/mol. The molecule has 0 atom stereocenters. The Bertz CT molecular complexity index is 510. The average molecular weight is 325 g/mol. The lowest BCUT2D eigenvalue weighted by molar-refractivity contribution is 0.0942. The van der Waals surface area contributed by atoms with Crippen molar-refractivity contribution in [1.29, 1.82) is 0 Å². The molecule has 1 aromatic heterocycles. The maximum absolute atomic E-state index is 12.0. The van der Waals surface area contributed by atoms with Gasteiger partial charge in [0.25, 0.3) is 0 Å². The van der Waals surface area contributed by atoms with Crippen molar-refractivity contribution in [1.82, 2.24) is 9.88 Å². The lowest BCUT2D eigenvalue weighted by Gasteiger charge is -2.14. The Balaban J connectivity index is 1.92. The van der Waals surface area contributed by atoms with Gasteiger partial charge in [-0.2, -0.15) is 0 Å². The molecule has 0 unspecified atom stereocenters. The fraction of sp³-hybridized carbons (Fsp3) is 0.231. The van der Waals surface area contributed by atoms with Crippen molar-refractivity contribution in [3.05, 3.63) is 50.9 Å². The van der Waals surface area contributed by atoms with Gasteiger partial charge in [-0.05, 0) is 19.2 Å². The second-order valence-corrected chi connectivity index (χ2v) is 5.72. The summed E-state index contributed by atoms with van der Waals surface area (Å²) >= 11 is 4.93.